The predicted molar refractivity (Wildman–Crippen MR) is 379 cm³/mol. The molecular weight excluding hydrogens is 1420 g/mol. The minimum atomic E-state index is -1.01. The molecule has 0 aromatic heterocycles. The van der Waals surface area contributed by atoms with E-state index in [2.05, 4.69) is 95.5 Å². The average Bonchev–Trinajstić information content (AvgIpc) is 0.769. The Balaban J connectivity index is 0.000000624. The molecule has 26 heteroatoms. The van der Waals surface area contributed by atoms with Crippen LogP contribution in [-0.2, 0) is 51.3 Å². The molecule has 0 spiro atoms. The molecule has 8 rings (SSSR count). The number of nitrogens with two attached hydrogens (primary N) is 1. The fraction of sp³-hybridized carbons (Fsp3) is 0.306. The van der Waals surface area contributed by atoms with Crippen molar-refractivity contribution in [2.75, 3.05) is 63.0 Å². The number of aliphatic hydroxyl groups is 1. The number of hydrogen-bond donors (Lipinski definition) is 5. The van der Waals surface area contributed by atoms with E-state index in [1.807, 2.05) is 48.5 Å². The van der Waals surface area contributed by atoms with Gasteiger partial charge in [-0.3, -0.25) is 19.2 Å². The number of ether oxygens (including phenoxy) is 7. The van der Waals surface area contributed by atoms with Crippen LogP contribution in [0.25, 0.3) is 0 Å². The third-order valence-electron chi connectivity index (χ3n) is 12.7. The fourth-order valence-corrected chi connectivity index (χ4v) is 8.03. The second-order valence-corrected chi connectivity index (χ2v) is 25.5. The van der Waals surface area contributed by atoms with E-state index in [9.17, 15) is 38.7 Å². The summed E-state index contributed by atoms with van der Waals surface area (Å²) in [7, 11) is 7.06. The first-order valence-corrected chi connectivity index (χ1v) is 30.8. The number of esters is 3. The van der Waals surface area contributed by atoms with Crippen LogP contribution < -0.4 is 39.8 Å². The number of fused-ring (bicyclic) bond motifs is 2. The van der Waals surface area contributed by atoms with Gasteiger partial charge in [-0.05, 0) is 180 Å². The summed E-state index contributed by atoms with van der Waals surface area (Å²) in [6, 6.07) is 33.0. The van der Waals surface area contributed by atoms with Crippen molar-refractivity contribution < 1.29 is 91.6 Å². The van der Waals surface area contributed by atoms with Crippen molar-refractivity contribution in [1.82, 2.24) is 0 Å². The first-order valence-electron chi connectivity index (χ1n) is 28.7. The van der Waals surface area contributed by atoms with Gasteiger partial charge in [-0.15, -0.1) is 0 Å². The Morgan fingerprint density at radius 3 is 1.36 bits per heavy atom. The van der Waals surface area contributed by atoms with Crippen LogP contribution in [-0.4, -0.2) is 125 Å². The number of carbonyl (C=O) groups is 7. The number of halogens is 3. The molecule has 0 saturated carbocycles. The lowest BCUT2D eigenvalue weighted by Gasteiger charge is -2.39. The number of nitrogen functional groups attached to an aromatic ring is 1. The number of anilines is 4. The molecule has 0 radical (unpaired) electrons. The van der Waals surface area contributed by atoms with E-state index in [-0.39, 0.29) is 59.7 Å². The molecule has 3 amide bonds. The SMILES string of the molecule is C.CC#CC#CC#CCl.CC(C)Br.COC(=O)c1ccc(O)c(N)c1.COC(=O)c1ccc(O)c(NC(=O)C(C)(C)Br)c1.COC(=O)c1ccc2c(c1)N(Cc1ccc(OC)cc1)C(=O)C(C)(C)O2.COc1ccc(CN2C(=O)C(C)(C)Oc3ccc(C(=O)CO)cc32)cc1.O=C=O. The van der Waals surface area contributed by atoms with Crippen LogP contribution >= 0.6 is 43.5 Å². The summed E-state index contributed by atoms with van der Waals surface area (Å²) in [5, 5.41) is 32.4. The zero-order valence-corrected chi connectivity index (χ0v) is 59.7. The van der Waals surface area contributed by atoms with Crippen LogP contribution in [0, 0.1) is 35.0 Å². The Hall–Kier alpha value is -10.3. The highest BCUT2D eigenvalue weighted by Crippen LogP contribution is 2.41. The third kappa shape index (κ3) is 27.1. The first-order chi connectivity index (χ1) is 45.7. The Morgan fingerprint density at radius 1 is 0.622 bits per heavy atom. The number of nitrogens with one attached hydrogen (secondary N) is 1. The number of hydrogen-bond acceptors (Lipinski definition) is 20. The molecular formula is C72H79Br2ClN4O19. The van der Waals surface area contributed by atoms with Crippen molar-refractivity contribution in [2.24, 2.45) is 0 Å². The Labute approximate surface area is 592 Å². The van der Waals surface area contributed by atoms with Gasteiger partial charge in [0.15, 0.2) is 17.0 Å². The quantitative estimate of drug-likeness (QED) is 0.0136. The second kappa shape index (κ2) is 41.6. The summed E-state index contributed by atoms with van der Waals surface area (Å²) in [6.45, 7) is 16.2. The maximum absolute atomic E-state index is 12.9. The van der Waals surface area contributed by atoms with Crippen molar-refractivity contribution >= 4 is 114 Å². The maximum Gasteiger partial charge on any atom is 0.373 e. The summed E-state index contributed by atoms with van der Waals surface area (Å²) in [5.41, 5.74) is 7.87. The molecule has 522 valence electrons. The van der Waals surface area contributed by atoms with Gasteiger partial charge in [0, 0.05) is 27.6 Å². The number of aliphatic hydroxyl groups excluding tert-OH is 1. The van der Waals surface area contributed by atoms with Crippen molar-refractivity contribution in [3.8, 4) is 69.5 Å². The zero-order valence-electron chi connectivity index (χ0n) is 55.7. The number of ketones is 1. The molecule has 2 heterocycles. The Bertz CT molecular complexity index is 3790. The number of rotatable bonds is 13. The molecule has 6 aromatic rings. The lowest BCUT2D eigenvalue weighted by Crippen LogP contribution is -2.52. The monoisotopic (exact) mass is 1500 g/mol. The van der Waals surface area contributed by atoms with Crippen molar-refractivity contribution in [1.29, 1.82) is 0 Å². The van der Waals surface area contributed by atoms with Crippen LogP contribution in [0.2, 0.25) is 0 Å². The van der Waals surface area contributed by atoms with E-state index < -0.39 is 45.8 Å². The van der Waals surface area contributed by atoms with E-state index in [0.717, 1.165) is 22.6 Å². The van der Waals surface area contributed by atoms with Gasteiger partial charge < -0.3 is 69.3 Å². The Morgan fingerprint density at radius 2 is 0.990 bits per heavy atom. The van der Waals surface area contributed by atoms with Gasteiger partial charge >= 0.3 is 24.1 Å². The van der Waals surface area contributed by atoms with Gasteiger partial charge in [-0.25, -0.2) is 14.4 Å². The summed E-state index contributed by atoms with van der Waals surface area (Å²) in [6.07, 6.45) is 0.250. The first kappa shape index (κ1) is 85.7. The number of nitrogens with zero attached hydrogens (tertiary/aromatic N) is 2. The van der Waals surface area contributed by atoms with E-state index in [4.69, 9.17) is 60.8 Å². The largest absolute Gasteiger partial charge is 0.506 e. The van der Waals surface area contributed by atoms with Crippen molar-refractivity contribution in [3.05, 3.63) is 155 Å². The number of aromatic hydroxyl groups is 2. The zero-order chi connectivity index (χ0) is 73.4. The molecule has 0 atom stereocenters. The van der Waals surface area contributed by atoms with E-state index in [1.165, 1.54) is 57.7 Å². The number of alkyl halides is 2. The third-order valence-corrected chi connectivity index (χ3v) is 13.1. The topological polar surface area (TPSA) is 323 Å². The van der Waals surface area contributed by atoms with E-state index in [0.29, 0.717) is 57.5 Å². The summed E-state index contributed by atoms with van der Waals surface area (Å²) in [4.78, 5) is 104. The number of benzene rings is 6. The van der Waals surface area contributed by atoms with Crippen LogP contribution in [0.4, 0.5) is 22.7 Å². The summed E-state index contributed by atoms with van der Waals surface area (Å²) >= 11 is 11.4. The molecule has 98 heavy (non-hydrogen) atoms. The molecule has 2 aliphatic heterocycles. The van der Waals surface area contributed by atoms with Crippen molar-refractivity contribution in [2.45, 2.75) is 103 Å². The number of Topliss-reactive ketones (excluding diaryl/α,β-unsaturated/α-hetero) is 1. The molecule has 0 bridgehead atoms. The molecule has 6 aromatic carbocycles. The number of amides is 3. The molecule has 0 fully saturated rings. The smallest absolute Gasteiger partial charge is 0.373 e. The van der Waals surface area contributed by atoms with Crippen LogP contribution in [0.15, 0.2) is 121 Å². The summed E-state index contributed by atoms with van der Waals surface area (Å²) in [5.74, 6) is 12.1. The van der Waals surface area contributed by atoms with Crippen LogP contribution in [0.5, 0.6) is 34.5 Å². The number of carbonyl (C=O) groups excluding carboxylic acids is 9. The molecule has 23 nitrogen and oxygen atoms in total. The molecule has 0 aliphatic carbocycles. The summed E-state index contributed by atoms with van der Waals surface area (Å²) < 4.78 is 35.0. The highest BCUT2D eigenvalue weighted by molar-refractivity contribution is 9.10. The number of phenols is 2. The number of methoxy groups -OCH3 is 5. The van der Waals surface area contributed by atoms with Crippen LogP contribution in [0.1, 0.15) is 122 Å². The molecule has 6 N–H and O–H groups in total. The maximum atomic E-state index is 12.9. The normalized spacial score (nSPS) is 11.9. The van der Waals surface area contributed by atoms with Gasteiger partial charge in [0.2, 0.25) is 5.91 Å². The Kier molecular flexibility index (Phi) is 36.4. The molecule has 0 unspecified atom stereocenters. The highest BCUT2D eigenvalue weighted by Gasteiger charge is 2.42. The lowest BCUT2D eigenvalue weighted by molar-refractivity contribution is -0.191. The highest BCUT2D eigenvalue weighted by atomic mass is 79.9. The van der Waals surface area contributed by atoms with Gasteiger partial charge in [-0.2, -0.15) is 9.59 Å². The lowest BCUT2D eigenvalue weighted by atomic mass is 10.0. The van der Waals surface area contributed by atoms with E-state index in [1.54, 1.807) is 109 Å². The van der Waals surface area contributed by atoms with Gasteiger partial charge in [0.05, 0.1) is 92.4 Å². The van der Waals surface area contributed by atoms with Gasteiger partial charge in [0.1, 0.15) is 41.1 Å². The van der Waals surface area contributed by atoms with Crippen LogP contribution in [0.3, 0.4) is 0 Å². The minimum Gasteiger partial charge on any atom is -0.506 e. The molecule has 0 saturated heterocycles. The van der Waals surface area contributed by atoms with Crippen molar-refractivity contribution in [3.63, 3.8) is 0 Å². The van der Waals surface area contributed by atoms with E-state index >= 15 is 0 Å². The second-order valence-electron chi connectivity index (χ2n) is 21.5. The van der Waals surface area contributed by atoms with Gasteiger partial charge in [0.25, 0.3) is 11.8 Å². The molecule has 2 aliphatic rings. The number of phenolic OH excluding ortho intramolecular Hbond substituents is 2. The minimum absolute atomic E-state index is 0. The fourth-order valence-electron chi connectivity index (χ4n) is 7.89. The predicted octanol–water partition coefficient (Wildman–Crippen LogP) is 11.9. The average molecular weight is 1500 g/mol. The standard InChI is InChI=1S/2C20H21NO5.C12H14BrNO4.C8H9NO3.C7H3Cl.C3H7Br.CO2.CH4/c1-20(2)19(23)21(12-13-5-8-15(24-3)9-6-13)16-11-14(18(22)25-4)7-10-17(16)26-20;1-20(2)19(24)21(11-13-4-7-15(25-3)8-5-13)16-10-14(17(23)12-22)6-9-18(16)26-20;1-12(2,13)11(17)14-8-6-7(10(16)18-3)4-5-9(8)15;1-12-8(11)5-2-3-7(10)6(9)4-5;1-2-3-4-5-6-7-8;1-3(2)4;2-1-3;/h5-11H,12H2,1-4H3;4-10,22H,11-12H2,1-3H3;4-6,15H,1-3H3,(H,14,17);2-4,10H,9H2,1H3;1H3;3H,1-2H3;;1H4. The van der Waals surface area contributed by atoms with Gasteiger partial charge in [-0.1, -0.05) is 83.3 Å².